The van der Waals surface area contributed by atoms with Crippen LogP contribution in [0.1, 0.15) is 6.42 Å². The van der Waals surface area contributed by atoms with Crippen molar-refractivity contribution in [3.63, 3.8) is 0 Å². The minimum absolute atomic E-state index is 0.0195. The lowest BCUT2D eigenvalue weighted by molar-refractivity contribution is -0.154. The SMILES string of the molecule is O=C1OCC2C3CC(C12)C1C(=O)OC(=O)C31. The van der Waals surface area contributed by atoms with Crippen LogP contribution in [0.5, 0.6) is 0 Å². The van der Waals surface area contributed by atoms with E-state index >= 15 is 0 Å². The molecule has 2 heterocycles. The van der Waals surface area contributed by atoms with Crippen LogP contribution < -0.4 is 0 Å². The highest BCUT2D eigenvalue weighted by Crippen LogP contribution is 2.62. The maximum Gasteiger partial charge on any atom is 0.317 e. The van der Waals surface area contributed by atoms with E-state index in [2.05, 4.69) is 4.74 Å². The Morgan fingerprint density at radius 1 is 0.812 bits per heavy atom. The van der Waals surface area contributed by atoms with Crippen molar-refractivity contribution in [2.45, 2.75) is 6.42 Å². The van der Waals surface area contributed by atoms with Crippen LogP contribution in [0.4, 0.5) is 0 Å². The summed E-state index contributed by atoms with van der Waals surface area (Å²) in [7, 11) is 0. The summed E-state index contributed by atoms with van der Waals surface area (Å²) in [5.41, 5.74) is 0. The average Bonchev–Trinajstić information content (AvgIpc) is 2.90. The summed E-state index contributed by atoms with van der Waals surface area (Å²) in [6.07, 6.45) is 0.806. The van der Waals surface area contributed by atoms with E-state index < -0.39 is 5.97 Å². The van der Waals surface area contributed by atoms with Crippen molar-refractivity contribution >= 4 is 17.9 Å². The molecule has 6 atom stereocenters. The van der Waals surface area contributed by atoms with Crippen LogP contribution in [0.3, 0.4) is 0 Å². The standard InChI is InChI=1S/C11H10O5/c12-9-6-4-1-3(5(6)2-15-9)7-8(4)11(14)16-10(7)13/h3-8H,1-2H2. The molecule has 2 aliphatic heterocycles. The summed E-state index contributed by atoms with van der Waals surface area (Å²) in [6, 6.07) is 0. The van der Waals surface area contributed by atoms with Gasteiger partial charge in [0, 0.05) is 5.92 Å². The van der Waals surface area contributed by atoms with E-state index in [9.17, 15) is 14.4 Å². The Hall–Kier alpha value is -1.39. The number of esters is 3. The Morgan fingerprint density at radius 3 is 2.25 bits per heavy atom. The van der Waals surface area contributed by atoms with Gasteiger partial charge in [0.25, 0.3) is 0 Å². The molecule has 2 aliphatic carbocycles. The molecule has 0 amide bonds. The third-order valence-electron chi connectivity index (χ3n) is 4.76. The average molecular weight is 222 g/mol. The van der Waals surface area contributed by atoms with Crippen LogP contribution in [0.15, 0.2) is 0 Å². The van der Waals surface area contributed by atoms with Crippen molar-refractivity contribution in [2.75, 3.05) is 6.61 Å². The molecular formula is C11H10O5. The first-order chi connectivity index (χ1) is 7.68. The van der Waals surface area contributed by atoms with Crippen LogP contribution in [-0.2, 0) is 23.9 Å². The second-order valence-electron chi connectivity index (χ2n) is 5.17. The van der Waals surface area contributed by atoms with Crippen molar-refractivity contribution in [3.8, 4) is 0 Å². The molecule has 0 aromatic heterocycles. The van der Waals surface area contributed by atoms with Gasteiger partial charge >= 0.3 is 17.9 Å². The number of fused-ring (bicyclic) bond motifs is 8. The number of carbonyl (C=O) groups excluding carboxylic acids is 3. The molecule has 0 aromatic carbocycles. The Kier molecular flexibility index (Phi) is 1.35. The van der Waals surface area contributed by atoms with Gasteiger partial charge in [0.2, 0.25) is 0 Å². The molecule has 84 valence electrons. The molecule has 0 radical (unpaired) electrons. The molecule has 4 fully saturated rings. The molecule has 0 aromatic rings. The van der Waals surface area contributed by atoms with Crippen molar-refractivity contribution in [2.24, 2.45) is 35.5 Å². The number of rotatable bonds is 0. The van der Waals surface area contributed by atoms with E-state index in [1.54, 1.807) is 0 Å². The molecule has 2 saturated carbocycles. The Labute approximate surface area is 91.1 Å². The highest BCUT2D eigenvalue weighted by atomic mass is 16.6. The van der Waals surface area contributed by atoms with Gasteiger partial charge in [-0.1, -0.05) is 0 Å². The van der Waals surface area contributed by atoms with Crippen LogP contribution in [0.2, 0.25) is 0 Å². The van der Waals surface area contributed by atoms with Crippen LogP contribution in [0.25, 0.3) is 0 Å². The van der Waals surface area contributed by atoms with Crippen molar-refractivity contribution in [1.29, 1.82) is 0 Å². The van der Waals surface area contributed by atoms with Gasteiger partial charge in [0.15, 0.2) is 0 Å². The van der Waals surface area contributed by atoms with E-state index in [1.165, 1.54) is 0 Å². The predicted molar refractivity (Wildman–Crippen MR) is 47.6 cm³/mol. The fourth-order valence-corrected chi connectivity index (χ4v) is 4.26. The van der Waals surface area contributed by atoms with Crippen molar-refractivity contribution in [1.82, 2.24) is 0 Å². The van der Waals surface area contributed by atoms with Crippen LogP contribution >= 0.6 is 0 Å². The first kappa shape index (κ1) is 8.73. The van der Waals surface area contributed by atoms with E-state index in [1.807, 2.05) is 0 Å². The summed E-state index contributed by atoms with van der Waals surface area (Å²) in [5, 5.41) is 0. The number of hydrogen-bond donors (Lipinski definition) is 0. The van der Waals surface area contributed by atoms with Crippen LogP contribution in [0, 0.1) is 35.5 Å². The normalized spacial score (nSPS) is 52.6. The van der Waals surface area contributed by atoms with Gasteiger partial charge in [-0.2, -0.15) is 0 Å². The van der Waals surface area contributed by atoms with E-state index in [4.69, 9.17) is 4.74 Å². The summed E-state index contributed by atoms with van der Waals surface area (Å²) in [4.78, 5) is 34.7. The first-order valence-electron chi connectivity index (χ1n) is 5.60. The maximum absolute atomic E-state index is 11.6. The minimum atomic E-state index is -0.430. The quantitative estimate of drug-likeness (QED) is 0.417. The van der Waals surface area contributed by atoms with E-state index in [0.717, 1.165) is 6.42 Å². The number of carbonyl (C=O) groups is 3. The fraction of sp³-hybridized carbons (Fsp3) is 0.727. The Bertz CT molecular complexity index is 428. The number of cyclic esters (lactones) is 3. The molecule has 4 rings (SSSR count). The van der Waals surface area contributed by atoms with Gasteiger partial charge < -0.3 is 9.47 Å². The molecular weight excluding hydrogens is 212 g/mol. The van der Waals surface area contributed by atoms with Gasteiger partial charge in [-0.25, -0.2) is 0 Å². The molecule has 5 heteroatoms. The highest BCUT2D eigenvalue weighted by molar-refractivity contribution is 5.98. The van der Waals surface area contributed by atoms with Crippen LogP contribution in [-0.4, -0.2) is 24.5 Å². The lowest BCUT2D eigenvalue weighted by atomic mass is 9.70. The largest absolute Gasteiger partial charge is 0.465 e. The summed E-state index contributed by atoms with van der Waals surface area (Å²) in [6.45, 7) is 0.412. The number of hydrogen-bond acceptors (Lipinski definition) is 5. The zero-order valence-corrected chi connectivity index (χ0v) is 8.42. The molecule has 4 aliphatic rings. The first-order valence-corrected chi connectivity index (χ1v) is 5.60. The van der Waals surface area contributed by atoms with E-state index in [0.29, 0.717) is 6.61 Å². The zero-order chi connectivity index (χ0) is 11.0. The number of ether oxygens (including phenoxy) is 2. The smallest absolute Gasteiger partial charge is 0.317 e. The molecule has 5 nitrogen and oxygen atoms in total. The van der Waals surface area contributed by atoms with Crippen molar-refractivity contribution < 1.29 is 23.9 Å². The molecule has 6 unspecified atom stereocenters. The fourth-order valence-electron chi connectivity index (χ4n) is 4.26. The molecule has 2 bridgehead atoms. The monoisotopic (exact) mass is 222 g/mol. The molecule has 2 saturated heterocycles. The topological polar surface area (TPSA) is 69.7 Å². The third kappa shape index (κ3) is 0.750. The predicted octanol–water partition coefficient (Wildman–Crippen LogP) is -0.259. The van der Waals surface area contributed by atoms with Gasteiger partial charge in [0.1, 0.15) is 0 Å². The maximum atomic E-state index is 11.6. The van der Waals surface area contributed by atoms with Gasteiger partial charge in [0.05, 0.1) is 24.4 Å². The Balaban J connectivity index is 1.79. The minimum Gasteiger partial charge on any atom is -0.465 e. The third-order valence-corrected chi connectivity index (χ3v) is 4.76. The highest BCUT2D eigenvalue weighted by Gasteiger charge is 2.69. The summed E-state index contributed by atoms with van der Waals surface area (Å²) < 4.78 is 9.71. The van der Waals surface area contributed by atoms with Gasteiger partial charge in [-0.3, -0.25) is 14.4 Å². The van der Waals surface area contributed by atoms with Gasteiger partial charge in [-0.15, -0.1) is 0 Å². The molecule has 0 spiro atoms. The molecule has 0 N–H and O–H groups in total. The lowest BCUT2D eigenvalue weighted by Crippen LogP contribution is -2.36. The summed E-state index contributed by atoms with van der Waals surface area (Å²) in [5.74, 6) is -1.61. The Morgan fingerprint density at radius 2 is 1.50 bits per heavy atom. The van der Waals surface area contributed by atoms with Crippen molar-refractivity contribution in [3.05, 3.63) is 0 Å². The molecule has 16 heavy (non-hydrogen) atoms. The second-order valence-corrected chi connectivity index (χ2v) is 5.17. The summed E-state index contributed by atoms with van der Waals surface area (Å²) >= 11 is 0. The lowest BCUT2D eigenvalue weighted by Gasteiger charge is -2.26. The second kappa shape index (κ2) is 2.47. The van der Waals surface area contributed by atoms with E-state index in [-0.39, 0.29) is 47.4 Å². The van der Waals surface area contributed by atoms with Gasteiger partial charge in [-0.05, 0) is 18.3 Å². The zero-order valence-electron chi connectivity index (χ0n) is 8.42.